The highest BCUT2D eigenvalue weighted by molar-refractivity contribution is 6.10. The first kappa shape index (κ1) is 23.6. The van der Waals surface area contributed by atoms with E-state index in [2.05, 4.69) is 12.1 Å². The van der Waals surface area contributed by atoms with E-state index in [0.29, 0.717) is 16.7 Å². The van der Waals surface area contributed by atoms with Crippen LogP contribution < -0.4 is 4.57 Å². The van der Waals surface area contributed by atoms with E-state index in [1.165, 1.54) is 44.9 Å². The smallest absolute Gasteiger partial charge is 0.219 e. The average Bonchev–Trinajstić information content (AvgIpc) is 3.25. The van der Waals surface area contributed by atoms with Gasteiger partial charge in [0.2, 0.25) is 5.69 Å². The Kier molecular flexibility index (Phi) is 6.09. The van der Waals surface area contributed by atoms with Crippen molar-refractivity contribution in [2.45, 2.75) is 77.6 Å². The predicted octanol–water partition coefficient (Wildman–Crippen LogP) is 8.83. The molecule has 0 saturated heterocycles. The second-order valence-corrected chi connectivity index (χ2v) is 11.4. The van der Waals surface area contributed by atoms with Gasteiger partial charge in [-0.2, -0.15) is 0 Å². The first-order valence-electron chi connectivity index (χ1n) is 13.7. The first-order chi connectivity index (χ1) is 17.4. The largest absolute Gasteiger partial charge is 0.455 e. The van der Waals surface area contributed by atoms with Gasteiger partial charge in [0.05, 0.1) is 5.56 Å². The van der Waals surface area contributed by atoms with Gasteiger partial charge in [0.25, 0.3) is 0 Å². The fourth-order valence-electron chi connectivity index (χ4n) is 7.19. The molecular formula is C32H36F2NO+. The summed E-state index contributed by atoms with van der Waals surface area (Å²) >= 11 is 0. The Labute approximate surface area is 212 Å². The summed E-state index contributed by atoms with van der Waals surface area (Å²) in [5.74, 6) is 1.45. The zero-order valence-corrected chi connectivity index (χ0v) is 21.7. The monoisotopic (exact) mass is 488 g/mol. The topological polar surface area (TPSA) is 17.0 Å². The number of furan rings is 1. The fraction of sp³-hybridized carbons (Fsp3) is 0.469. The van der Waals surface area contributed by atoms with E-state index in [0.717, 1.165) is 57.8 Å². The van der Waals surface area contributed by atoms with E-state index in [-0.39, 0.29) is 17.6 Å². The normalized spacial score (nSPS) is 21.5. The summed E-state index contributed by atoms with van der Waals surface area (Å²) in [6, 6.07) is 9.17. The molecule has 4 aromatic rings. The van der Waals surface area contributed by atoms with Crippen LogP contribution in [0.2, 0.25) is 0 Å². The third kappa shape index (κ3) is 3.93. The van der Waals surface area contributed by atoms with Crippen LogP contribution in [-0.4, -0.2) is 0 Å². The number of fused-ring (bicyclic) bond motifs is 3. The molecule has 0 atom stereocenters. The van der Waals surface area contributed by atoms with Gasteiger partial charge < -0.3 is 4.42 Å². The van der Waals surface area contributed by atoms with Crippen LogP contribution in [0.4, 0.5) is 8.78 Å². The minimum Gasteiger partial charge on any atom is -0.455 e. The van der Waals surface area contributed by atoms with Gasteiger partial charge in [-0.25, -0.2) is 13.3 Å². The molecule has 0 N–H and O–H groups in total. The minimum atomic E-state index is -0.239. The van der Waals surface area contributed by atoms with Crippen molar-refractivity contribution in [3.8, 4) is 11.3 Å². The number of pyridine rings is 1. The zero-order chi connectivity index (χ0) is 25.0. The molecule has 188 valence electrons. The van der Waals surface area contributed by atoms with Crippen LogP contribution in [0, 0.1) is 37.3 Å². The highest BCUT2D eigenvalue weighted by atomic mass is 19.1. The van der Waals surface area contributed by atoms with E-state index >= 15 is 4.39 Å². The fourth-order valence-corrected chi connectivity index (χ4v) is 7.19. The molecular weight excluding hydrogens is 452 g/mol. The Morgan fingerprint density at radius 1 is 0.750 bits per heavy atom. The lowest BCUT2D eigenvalue weighted by molar-refractivity contribution is -0.661. The lowest BCUT2D eigenvalue weighted by Crippen LogP contribution is -2.31. The molecule has 2 aliphatic rings. The quantitative estimate of drug-likeness (QED) is 0.263. The maximum absolute atomic E-state index is 15.4. The van der Waals surface area contributed by atoms with Crippen molar-refractivity contribution in [1.82, 2.24) is 0 Å². The third-order valence-electron chi connectivity index (χ3n) is 9.16. The molecule has 0 bridgehead atoms. The Morgan fingerprint density at radius 2 is 1.42 bits per heavy atom. The van der Waals surface area contributed by atoms with E-state index in [9.17, 15) is 4.39 Å². The molecule has 0 amide bonds. The van der Waals surface area contributed by atoms with E-state index in [1.54, 1.807) is 25.3 Å². The SMILES string of the molecule is Cc1c[n+](C)c(-c2c(C)ccc3c2oc2c(C4CCC(C5CCCCC5)CC4)c(F)ccc23)cc1F. The molecule has 36 heavy (non-hydrogen) atoms. The molecule has 6 rings (SSSR count). The van der Waals surface area contributed by atoms with Crippen molar-refractivity contribution in [2.75, 3.05) is 0 Å². The summed E-state index contributed by atoms with van der Waals surface area (Å²) in [6.45, 7) is 3.79. The number of aromatic nitrogens is 1. The summed E-state index contributed by atoms with van der Waals surface area (Å²) in [5, 5.41) is 1.91. The highest BCUT2D eigenvalue weighted by Gasteiger charge is 2.32. The molecule has 4 heteroatoms. The minimum absolute atomic E-state index is 0.159. The molecule has 0 unspecified atom stereocenters. The standard InChI is InChI=1S/C32H36F2NO/c1-19-9-14-24-25-15-16-26(33)30(23-12-10-22(11-13-23)21-7-5-4-6-8-21)32(25)36-31(24)29(19)28-17-27(34)20(2)18-35(28)3/h9,14-18,21-23H,4-8,10-13H2,1-3H3/q+1. The molecule has 2 heterocycles. The van der Waals surface area contributed by atoms with Crippen molar-refractivity contribution < 1.29 is 17.8 Å². The zero-order valence-electron chi connectivity index (χ0n) is 21.7. The molecule has 2 fully saturated rings. The third-order valence-corrected chi connectivity index (χ3v) is 9.16. The van der Waals surface area contributed by atoms with Crippen molar-refractivity contribution in [3.05, 3.63) is 64.9 Å². The van der Waals surface area contributed by atoms with E-state index in [4.69, 9.17) is 4.42 Å². The average molecular weight is 489 g/mol. The Balaban J connectivity index is 1.43. The number of hydrogen-bond donors (Lipinski definition) is 0. The van der Waals surface area contributed by atoms with Crippen molar-refractivity contribution in [3.63, 3.8) is 0 Å². The summed E-state index contributed by atoms with van der Waals surface area (Å²) in [7, 11) is 1.93. The lowest BCUT2D eigenvalue weighted by Gasteiger charge is -2.36. The van der Waals surface area contributed by atoms with Gasteiger partial charge in [-0.05, 0) is 75.0 Å². The maximum atomic E-state index is 15.4. The number of benzene rings is 2. The maximum Gasteiger partial charge on any atom is 0.219 e. The molecule has 2 aromatic heterocycles. The summed E-state index contributed by atoms with van der Waals surface area (Å²) in [6.07, 6.45) is 13.1. The van der Waals surface area contributed by atoms with Crippen LogP contribution >= 0.6 is 0 Å². The molecule has 2 aliphatic carbocycles. The summed E-state index contributed by atoms with van der Waals surface area (Å²) in [4.78, 5) is 0. The van der Waals surface area contributed by atoms with Gasteiger partial charge in [-0.3, -0.25) is 0 Å². The predicted molar refractivity (Wildman–Crippen MR) is 141 cm³/mol. The Bertz CT molecular complexity index is 1440. The van der Waals surface area contributed by atoms with Crippen molar-refractivity contribution in [1.29, 1.82) is 0 Å². The highest BCUT2D eigenvalue weighted by Crippen LogP contribution is 2.47. The Morgan fingerprint density at radius 3 is 2.17 bits per heavy atom. The van der Waals surface area contributed by atoms with E-state index < -0.39 is 0 Å². The van der Waals surface area contributed by atoms with Crippen LogP contribution in [0.5, 0.6) is 0 Å². The van der Waals surface area contributed by atoms with Crippen molar-refractivity contribution in [2.24, 2.45) is 18.9 Å². The lowest BCUT2D eigenvalue weighted by atomic mass is 9.70. The van der Waals surface area contributed by atoms with Gasteiger partial charge >= 0.3 is 0 Å². The van der Waals surface area contributed by atoms with Gasteiger partial charge in [0.1, 0.15) is 29.8 Å². The number of rotatable bonds is 3. The first-order valence-corrected chi connectivity index (χ1v) is 13.7. The number of aryl methyl sites for hydroxylation is 3. The van der Waals surface area contributed by atoms with Crippen molar-refractivity contribution >= 4 is 21.9 Å². The van der Waals surface area contributed by atoms with Gasteiger partial charge in [0, 0.05) is 28.0 Å². The molecule has 0 spiro atoms. The molecule has 2 saturated carbocycles. The Hall–Kier alpha value is -2.75. The molecule has 2 nitrogen and oxygen atoms in total. The summed E-state index contributed by atoms with van der Waals surface area (Å²) in [5.41, 5.74) is 5.38. The van der Waals surface area contributed by atoms with Gasteiger partial charge in [0.15, 0.2) is 6.20 Å². The van der Waals surface area contributed by atoms with Crippen LogP contribution in [0.15, 0.2) is 40.9 Å². The number of halogens is 2. The number of nitrogens with zero attached hydrogens (tertiary/aromatic N) is 1. The summed E-state index contributed by atoms with van der Waals surface area (Å²) < 4.78 is 38.6. The van der Waals surface area contributed by atoms with E-state index in [1.807, 2.05) is 24.6 Å². The van der Waals surface area contributed by atoms with Crippen LogP contribution in [0.25, 0.3) is 33.2 Å². The second-order valence-electron chi connectivity index (χ2n) is 11.4. The number of hydrogen-bond acceptors (Lipinski definition) is 1. The molecule has 0 aliphatic heterocycles. The van der Waals surface area contributed by atoms with Gasteiger partial charge in [-0.1, -0.05) is 44.2 Å². The second kappa shape index (κ2) is 9.28. The van der Waals surface area contributed by atoms with Crippen LogP contribution in [0.1, 0.15) is 80.4 Å². The molecule has 2 aromatic carbocycles. The van der Waals surface area contributed by atoms with Crippen LogP contribution in [0.3, 0.4) is 0 Å². The molecule has 0 radical (unpaired) electrons. The van der Waals surface area contributed by atoms with Crippen LogP contribution in [-0.2, 0) is 7.05 Å². The van der Waals surface area contributed by atoms with Gasteiger partial charge in [-0.15, -0.1) is 0 Å².